The molecule has 0 radical (unpaired) electrons. The summed E-state index contributed by atoms with van der Waals surface area (Å²) in [6, 6.07) is 10.3. The molecule has 6 heteroatoms. The van der Waals surface area contributed by atoms with E-state index in [0.29, 0.717) is 18.3 Å². The van der Waals surface area contributed by atoms with Crippen LogP contribution in [0.2, 0.25) is 0 Å². The minimum absolute atomic E-state index is 0.0766. The van der Waals surface area contributed by atoms with Gasteiger partial charge in [0.25, 0.3) is 0 Å². The molecule has 0 unspecified atom stereocenters. The summed E-state index contributed by atoms with van der Waals surface area (Å²) < 4.78 is 5.31. The quantitative estimate of drug-likeness (QED) is 0.753. The number of hydrogen-bond acceptors (Lipinski definition) is 6. The highest BCUT2D eigenvalue weighted by Crippen LogP contribution is 2.30. The van der Waals surface area contributed by atoms with Crippen molar-refractivity contribution in [1.82, 2.24) is 15.5 Å². The Kier molecular flexibility index (Phi) is 3.72. The van der Waals surface area contributed by atoms with Gasteiger partial charge in [-0.2, -0.15) is 16.3 Å². The SMILES string of the molecule is OCC1(NCc2nc(-c3ccsc3)no2)Cc2ccccc2C1. The lowest BCUT2D eigenvalue weighted by atomic mass is 9.97. The average molecular weight is 327 g/mol. The summed E-state index contributed by atoms with van der Waals surface area (Å²) in [6.45, 7) is 0.527. The minimum Gasteiger partial charge on any atom is -0.394 e. The summed E-state index contributed by atoms with van der Waals surface area (Å²) in [5.74, 6) is 1.14. The number of benzene rings is 1. The Morgan fingerprint density at radius 3 is 2.65 bits per heavy atom. The Hall–Kier alpha value is -2.02. The lowest BCUT2D eigenvalue weighted by Gasteiger charge is -2.27. The van der Waals surface area contributed by atoms with E-state index in [1.165, 1.54) is 11.1 Å². The minimum atomic E-state index is -0.347. The molecule has 23 heavy (non-hydrogen) atoms. The van der Waals surface area contributed by atoms with Gasteiger partial charge in [0.1, 0.15) is 0 Å². The molecule has 0 fully saturated rings. The molecule has 2 N–H and O–H groups in total. The molecule has 3 aromatic rings. The smallest absolute Gasteiger partial charge is 0.240 e. The Morgan fingerprint density at radius 2 is 2.00 bits per heavy atom. The molecule has 0 saturated heterocycles. The average Bonchev–Trinajstić information content (AvgIpc) is 3.30. The van der Waals surface area contributed by atoms with Gasteiger partial charge in [-0.05, 0) is 35.4 Å². The third kappa shape index (κ3) is 2.81. The molecule has 1 aliphatic rings. The van der Waals surface area contributed by atoms with Crippen LogP contribution >= 0.6 is 11.3 Å². The molecular weight excluding hydrogens is 310 g/mol. The zero-order valence-corrected chi connectivity index (χ0v) is 13.3. The number of fused-ring (bicyclic) bond motifs is 1. The second-order valence-electron chi connectivity index (χ2n) is 5.94. The number of hydrogen-bond donors (Lipinski definition) is 2. The van der Waals surface area contributed by atoms with Crippen LogP contribution in [0.5, 0.6) is 0 Å². The van der Waals surface area contributed by atoms with E-state index >= 15 is 0 Å². The van der Waals surface area contributed by atoms with Crippen molar-refractivity contribution in [2.75, 3.05) is 6.61 Å². The molecule has 5 nitrogen and oxygen atoms in total. The van der Waals surface area contributed by atoms with Crippen LogP contribution in [0.15, 0.2) is 45.6 Å². The first-order chi connectivity index (χ1) is 11.3. The van der Waals surface area contributed by atoms with E-state index in [4.69, 9.17) is 4.52 Å². The number of aromatic nitrogens is 2. The van der Waals surface area contributed by atoms with Crippen LogP contribution in [0.25, 0.3) is 11.4 Å². The standard InChI is InChI=1S/C17H17N3O2S/c21-11-17(7-12-3-1-2-4-13(12)8-17)18-9-15-19-16(20-22-15)14-5-6-23-10-14/h1-6,10,18,21H,7-9,11H2. The summed E-state index contributed by atoms with van der Waals surface area (Å²) in [4.78, 5) is 4.41. The summed E-state index contributed by atoms with van der Waals surface area (Å²) in [5.41, 5.74) is 3.20. The molecule has 0 aliphatic heterocycles. The van der Waals surface area contributed by atoms with E-state index < -0.39 is 0 Å². The number of nitrogens with one attached hydrogen (secondary N) is 1. The Labute approximate surface area is 138 Å². The van der Waals surface area contributed by atoms with E-state index in [-0.39, 0.29) is 12.1 Å². The normalized spacial score (nSPS) is 15.7. The molecule has 0 saturated carbocycles. The maximum absolute atomic E-state index is 9.89. The highest BCUT2D eigenvalue weighted by molar-refractivity contribution is 7.08. The summed E-state index contributed by atoms with van der Waals surface area (Å²) in [6.07, 6.45) is 1.62. The van der Waals surface area contributed by atoms with Crippen LogP contribution in [-0.4, -0.2) is 27.4 Å². The number of thiophene rings is 1. The molecular formula is C17H17N3O2S. The highest BCUT2D eigenvalue weighted by atomic mass is 32.1. The molecule has 0 atom stereocenters. The Bertz CT molecular complexity index is 773. The Balaban J connectivity index is 1.46. The van der Waals surface area contributed by atoms with Crippen molar-refractivity contribution in [3.05, 3.63) is 58.1 Å². The maximum atomic E-state index is 9.89. The number of aliphatic hydroxyl groups excluding tert-OH is 1. The second kappa shape index (κ2) is 5.88. The van der Waals surface area contributed by atoms with Gasteiger partial charge in [0, 0.05) is 16.5 Å². The maximum Gasteiger partial charge on any atom is 0.240 e. The van der Waals surface area contributed by atoms with Gasteiger partial charge in [0.2, 0.25) is 11.7 Å². The van der Waals surface area contributed by atoms with Gasteiger partial charge in [-0.3, -0.25) is 0 Å². The van der Waals surface area contributed by atoms with Crippen molar-refractivity contribution in [1.29, 1.82) is 0 Å². The van der Waals surface area contributed by atoms with Gasteiger partial charge in [-0.1, -0.05) is 29.4 Å². The van der Waals surface area contributed by atoms with Crippen LogP contribution in [0.4, 0.5) is 0 Å². The van der Waals surface area contributed by atoms with E-state index in [9.17, 15) is 5.11 Å². The summed E-state index contributed by atoms with van der Waals surface area (Å²) in [7, 11) is 0. The summed E-state index contributed by atoms with van der Waals surface area (Å²) in [5, 5.41) is 21.3. The lowest BCUT2D eigenvalue weighted by molar-refractivity contribution is 0.161. The number of rotatable bonds is 5. The van der Waals surface area contributed by atoms with E-state index in [1.807, 2.05) is 29.0 Å². The van der Waals surface area contributed by atoms with Gasteiger partial charge in [-0.15, -0.1) is 0 Å². The van der Waals surface area contributed by atoms with Crippen LogP contribution < -0.4 is 5.32 Å². The van der Waals surface area contributed by atoms with Gasteiger partial charge in [0.05, 0.1) is 13.2 Å². The molecule has 2 heterocycles. The van der Waals surface area contributed by atoms with Crippen LogP contribution in [-0.2, 0) is 19.4 Å². The topological polar surface area (TPSA) is 71.2 Å². The highest BCUT2D eigenvalue weighted by Gasteiger charge is 2.36. The third-order valence-corrected chi connectivity index (χ3v) is 5.02. The fraction of sp³-hybridized carbons (Fsp3) is 0.294. The zero-order chi connectivity index (χ0) is 15.7. The Morgan fingerprint density at radius 1 is 1.22 bits per heavy atom. The van der Waals surface area contributed by atoms with E-state index in [0.717, 1.165) is 18.4 Å². The first kappa shape index (κ1) is 14.6. The molecule has 2 aromatic heterocycles. The molecule has 1 aliphatic carbocycles. The van der Waals surface area contributed by atoms with Crippen LogP contribution in [0.1, 0.15) is 17.0 Å². The van der Waals surface area contributed by atoms with Crippen LogP contribution in [0, 0.1) is 0 Å². The van der Waals surface area contributed by atoms with Crippen molar-refractivity contribution in [3.8, 4) is 11.4 Å². The molecule has 0 amide bonds. The van der Waals surface area contributed by atoms with Crippen molar-refractivity contribution >= 4 is 11.3 Å². The number of nitrogens with zero attached hydrogens (tertiary/aromatic N) is 2. The first-order valence-electron chi connectivity index (χ1n) is 7.56. The molecule has 118 valence electrons. The van der Waals surface area contributed by atoms with Gasteiger partial charge < -0.3 is 14.9 Å². The van der Waals surface area contributed by atoms with Crippen LogP contribution in [0.3, 0.4) is 0 Å². The second-order valence-corrected chi connectivity index (χ2v) is 6.72. The fourth-order valence-electron chi connectivity index (χ4n) is 3.09. The lowest BCUT2D eigenvalue weighted by Crippen LogP contribution is -2.49. The van der Waals surface area contributed by atoms with Gasteiger partial charge >= 0.3 is 0 Å². The predicted molar refractivity (Wildman–Crippen MR) is 88.1 cm³/mol. The monoisotopic (exact) mass is 327 g/mol. The molecule has 4 rings (SSSR count). The first-order valence-corrected chi connectivity index (χ1v) is 8.50. The summed E-state index contributed by atoms with van der Waals surface area (Å²) >= 11 is 1.60. The number of aliphatic hydroxyl groups is 1. The molecule has 0 spiro atoms. The predicted octanol–water partition coefficient (Wildman–Crippen LogP) is 2.42. The third-order valence-electron chi connectivity index (χ3n) is 4.34. The fourth-order valence-corrected chi connectivity index (χ4v) is 3.72. The van der Waals surface area contributed by atoms with Crippen molar-refractivity contribution in [2.45, 2.75) is 24.9 Å². The van der Waals surface area contributed by atoms with E-state index in [1.54, 1.807) is 11.3 Å². The van der Waals surface area contributed by atoms with Gasteiger partial charge in [0.15, 0.2) is 0 Å². The van der Waals surface area contributed by atoms with E-state index in [2.05, 4.69) is 27.6 Å². The van der Waals surface area contributed by atoms with Crippen molar-refractivity contribution in [3.63, 3.8) is 0 Å². The van der Waals surface area contributed by atoms with Crippen molar-refractivity contribution in [2.24, 2.45) is 0 Å². The molecule has 0 bridgehead atoms. The van der Waals surface area contributed by atoms with Crippen molar-refractivity contribution < 1.29 is 9.63 Å². The molecule has 1 aromatic carbocycles. The van der Waals surface area contributed by atoms with Gasteiger partial charge in [-0.25, -0.2) is 0 Å². The zero-order valence-electron chi connectivity index (χ0n) is 12.5. The largest absolute Gasteiger partial charge is 0.394 e.